The van der Waals surface area contributed by atoms with Crippen molar-refractivity contribution in [3.63, 3.8) is 0 Å². The minimum absolute atomic E-state index is 0.0511. The molecule has 0 aromatic heterocycles. The fourth-order valence-corrected chi connectivity index (χ4v) is 0.980. The first-order valence-electron chi connectivity index (χ1n) is 4.94. The number of benzene rings is 1. The van der Waals surface area contributed by atoms with E-state index in [2.05, 4.69) is 0 Å². The van der Waals surface area contributed by atoms with E-state index in [1.165, 1.54) is 0 Å². The van der Waals surface area contributed by atoms with Crippen LogP contribution in [-0.4, -0.2) is 14.2 Å². The van der Waals surface area contributed by atoms with E-state index in [0.717, 1.165) is 5.56 Å². The maximum absolute atomic E-state index is 7.58. The maximum Gasteiger partial charge on any atom is 0.160 e. The van der Waals surface area contributed by atoms with Crippen LogP contribution in [0.5, 0.6) is 11.5 Å². The lowest BCUT2D eigenvalue weighted by molar-refractivity contribution is 0.354. The van der Waals surface area contributed by atoms with Gasteiger partial charge in [0.25, 0.3) is 0 Å². The number of methoxy groups -OCH3 is 2. The van der Waals surface area contributed by atoms with E-state index in [0.29, 0.717) is 11.5 Å². The number of rotatable bonds is 3. The molecule has 0 amide bonds. The number of aryl methyl sites for hydroxylation is 1. The van der Waals surface area contributed by atoms with E-state index < -0.39 is 6.40 Å². The second kappa shape index (κ2) is 4.00. The van der Waals surface area contributed by atoms with Crippen molar-refractivity contribution in [3.05, 3.63) is 23.8 Å². The highest BCUT2D eigenvalue weighted by atomic mass is 16.5. The molecule has 0 fully saturated rings. The minimum Gasteiger partial charge on any atom is -0.493 e. The SMILES string of the molecule is [2H]CC([2H])c1ccc(OC)c(OC)c1. The molecule has 2 nitrogen and oxygen atoms in total. The molecule has 12 heavy (non-hydrogen) atoms. The van der Waals surface area contributed by atoms with Crippen molar-refractivity contribution in [2.45, 2.75) is 13.3 Å². The lowest BCUT2D eigenvalue weighted by Crippen LogP contribution is -1.91. The quantitative estimate of drug-likeness (QED) is 0.689. The Kier molecular flexibility index (Phi) is 2.12. The normalized spacial score (nSPS) is 14.5. The van der Waals surface area contributed by atoms with Crippen molar-refractivity contribution in [1.82, 2.24) is 0 Å². The van der Waals surface area contributed by atoms with Gasteiger partial charge in [-0.2, -0.15) is 0 Å². The number of hydrogen-bond acceptors (Lipinski definition) is 2. The Morgan fingerprint density at radius 2 is 2.08 bits per heavy atom. The summed E-state index contributed by atoms with van der Waals surface area (Å²) in [6.07, 6.45) is -0.519. The van der Waals surface area contributed by atoms with Gasteiger partial charge in [-0.25, -0.2) is 0 Å². The first-order chi connectivity index (χ1) is 6.72. The molecule has 0 N–H and O–H groups in total. The van der Waals surface area contributed by atoms with Gasteiger partial charge in [0.15, 0.2) is 11.5 Å². The average Bonchev–Trinajstić information content (AvgIpc) is 2.26. The molecule has 0 aliphatic carbocycles. The molecule has 1 rings (SSSR count). The van der Waals surface area contributed by atoms with E-state index in [1.807, 2.05) is 0 Å². The second-order valence-corrected chi connectivity index (χ2v) is 2.32. The van der Waals surface area contributed by atoms with Crippen LogP contribution in [0.2, 0.25) is 0 Å². The molecule has 0 aliphatic heterocycles. The summed E-state index contributed by atoms with van der Waals surface area (Å²) >= 11 is 0. The second-order valence-electron chi connectivity index (χ2n) is 2.32. The van der Waals surface area contributed by atoms with Crippen molar-refractivity contribution < 1.29 is 12.2 Å². The highest BCUT2D eigenvalue weighted by Crippen LogP contribution is 2.27. The molecule has 66 valence electrons. The molecule has 0 heterocycles. The van der Waals surface area contributed by atoms with Crippen LogP contribution in [0.4, 0.5) is 0 Å². The van der Waals surface area contributed by atoms with Crippen LogP contribution >= 0.6 is 0 Å². The third-order valence-electron chi connectivity index (χ3n) is 1.64. The zero-order valence-corrected chi connectivity index (χ0v) is 7.33. The lowest BCUT2D eigenvalue weighted by Gasteiger charge is -2.07. The average molecular weight is 168 g/mol. The largest absolute Gasteiger partial charge is 0.493 e. The van der Waals surface area contributed by atoms with Crippen LogP contribution in [0.15, 0.2) is 18.2 Å². The predicted octanol–water partition coefficient (Wildman–Crippen LogP) is 2.27. The van der Waals surface area contributed by atoms with E-state index in [9.17, 15) is 0 Å². The molecule has 1 unspecified atom stereocenters. The number of ether oxygens (including phenoxy) is 2. The Labute approximate surface area is 75.9 Å². The zero-order chi connectivity index (χ0) is 10.6. The smallest absolute Gasteiger partial charge is 0.160 e. The van der Waals surface area contributed by atoms with Crippen molar-refractivity contribution >= 4 is 0 Å². The van der Waals surface area contributed by atoms with Gasteiger partial charge in [-0.1, -0.05) is 13.0 Å². The maximum atomic E-state index is 7.58. The number of hydrogen-bond donors (Lipinski definition) is 0. The van der Waals surface area contributed by atoms with Gasteiger partial charge < -0.3 is 9.47 Å². The van der Waals surface area contributed by atoms with E-state index >= 15 is 0 Å². The van der Waals surface area contributed by atoms with E-state index in [4.69, 9.17) is 12.2 Å². The summed E-state index contributed by atoms with van der Waals surface area (Å²) in [5.74, 6) is 1.25. The molecule has 0 spiro atoms. The van der Waals surface area contributed by atoms with Crippen molar-refractivity contribution in [2.75, 3.05) is 14.2 Å². The first-order valence-corrected chi connectivity index (χ1v) is 3.66. The van der Waals surface area contributed by atoms with Crippen LogP contribution < -0.4 is 9.47 Å². The lowest BCUT2D eigenvalue weighted by atomic mass is 10.1. The van der Waals surface area contributed by atoms with Gasteiger partial charge in [-0.05, 0) is 24.1 Å². The van der Waals surface area contributed by atoms with Crippen LogP contribution in [-0.2, 0) is 6.40 Å². The predicted molar refractivity (Wildman–Crippen MR) is 48.9 cm³/mol. The summed E-state index contributed by atoms with van der Waals surface area (Å²) in [7, 11) is 3.13. The van der Waals surface area contributed by atoms with E-state index in [1.54, 1.807) is 32.4 Å². The Morgan fingerprint density at radius 1 is 1.33 bits per heavy atom. The Morgan fingerprint density at radius 3 is 2.67 bits per heavy atom. The summed E-state index contributed by atoms with van der Waals surface area (Å²) in [6.45, 7) is 0.0511. The van der Waals surface area contributed by atoms with Crippen molar-refractivity contribution in [3.8, 4) is 11.5 Å². The zero-order valence-electron chi connectivity index (χ0n) is 9.33. The van der Waals surface area contributed by atoms with Gasteiger partial charge >= 0.3 is 0 Å². The van der Waals surface area contributed by atoms with Crippen LogP contribution in [0.25, 0.3) is 0 Å². The standard InChI is InChI=1S/C10H14O2/c1-4-8-5-6-9(11-2)10(7-8)12-3/h5-7H,4H2,1-3H3/i1D,4D. The summed E-state index contributed by atoms with van der Waals surface area (Å²) in [5.41, 5.74) is 0.776. The molecule has 1 aromatic carbocycles. The monoisotopic (exact) mass is 168 g/mol. The summed E-state index contributed by atoms with van der Waals surface area (Å²) in [4.78, 5) is 0. The fraction of sp³-hybridized carbons (Fsp3) is 0.400. The van der Waals surface area contributed by atoms with Gasteiger partial charge in [0.1, 0.15) is 0 Å². The van der Waals surface area contributed by atoms with Gasteiger partial charge in [0.2, 0.25) is 0 Å². The molecule has 2 heteroatoms. The molecule has 1 aromatic rings. The first kappa shape index (κ1) is 6.35. The Hall–Kier alpha value is -1.18. The summed E-state index contributed by atoms with van der Waals surface area (Å²) in [6, 6.07) is 5.28. The Bertz CT molecular complexity index is 302. The molecule has 0 saturated carbocycles. The van der Waals surface area contributed by atoms with Gasteiger partial charge in [-0.3, -0.25) is 0 Å². The molecule has 0 saturated heterocycles. The fourth-order valence-electron chi connectivity index (χ4n) is 0.980. The molecular formula is C10H14O2. The van der Waals surface area contributed by atoms with E-state index in [-0.39, 0.29) is 6.90 Å². The third kappa shape index (κ3) is 1.70. The van der Waals surface area contributed by atoms with Crippen LogP contribution in [0.3, 0.4) is 0 Å². The molecule has 0 radical (unpaired) electrons. The topological polar surface area (TPSA) is 18.5 Å². The van der Waals surface area contributed by atoms with Gasteiger partial charge in [0, 0.05) is 2.74 Å². The minimum atomic E-state index is -0.519. The van der Waals surface area contributed by atoms with Crippen LogP contribution in [0, 0.1) is 0 Å². The third-order valence-corrected chi connectivity index (χ3v) is 1.64. The van der Waals surface area contributed by atoms with Crippen molar-refractivity contribution in [2.24, 2.45) is 0 Å². The van der Waals surface area contributed by atoms with Crippen molar-refractivity contribution in [1.29, 1.82) is 0 Å². The molecule has 0 bridgehead atoms. The summed E-state index contributed by atoms with van der Waals surface area (Å²) in [5, 5.41) is 0. The van der Waals surface area contributed by atoms with Gasteiger partial charge in [-0.15, -0.1) is 0 Å². The Balaban J connectivity index is 3.01. The molecular weight excluding hydrogens is 152 g/mol. The summed E-state index contributed by atoms with van der Waals surface area (Å²) < 4.78 is 24.9. The molecule has 0 aliphatic rings. The van der Waals surface area contributed by atoms with Crippen LogP contribution in [0.1, 0.15) is 15.2 Å². The highest BCUT2D eigenvalue weighted by molar-refractivity contribution is 5.42. The van der Waals surface area contributed by atoms with Gasteiger partial charge in [0.05, 0.1) is 14.2 Å². The highest BCUT2D eigenvalue weighted by Gasteiger charge is 2.02. The molecule has 1 atom stereocenters.